The van der Waals surface area contributed by atoms with Crippen LogP contribution in [0.3, 0.4) is 0 Å². The molecule has 0 unspecified atom stereocenters. The van der Waals surface area contributed by atoms with Crippen LogP contribution in [0.5, 0.6) is 0 Å². The molecule has 0 aliphatic carbocycles. The third-order valence-electron chi connectivity index (χ3n) is 4.83. The van der Waals surface area contributed by atoms with Gasteiger partial charge in [0.05, 0.1) is 53.3 Å². The Labute approximate surface area is 171 Å². The van der Waals surface area contributed by atoms with E-state index in [-0.39, 0.29) is 19.1 Å². The molecule has 9 heteroatoms. The Morgan fingerprint density at radius 2 is 2.21 bits per heavy atom. The standard InChI is InChI=1S/C19H18Cl2N4O3/c20-14-2-1-13-15(24-7-5-22-11-24)9-16(23-19(13)18(14)21)25-6-3-12(25)10-28-8-4-17(26)27/h1-2,5,7,9,11-12H,3-4,6,8,10H2,(H,26,27)/t12-/m0/s1. The number of carboxylic acids is 1. The molecule has 4 rings (SSSR count). The summed E-state index contributed by atoms with van der Waals surface area (Å²) >= 11 is 12.7. The van der Waals surface area contributed by atoms with Gasteiger partial charge in [-0.1, -0.05) is 23.2 Å². The van der Waals surface area contributed by atoms with Gasteiger partial charge in [0.1, 0.15) is 5.82 Å². The first-order valence-electron chi connectivity index (χ1n) is 8.88. The lowest BCUT2D eigenvalue weighted by atomic mass is 10.0. The summed E-state index contributed by atoms with van der Waals surface area (Å²) in [5, 5.41) is 10.5. The highest BCUT2D eigenvalue weighted by Gasteiger charge is 2.30. The number of aromatic nitrogens is 3. The second kappa shape index (κ2) is 7.95. The van der Waals surface area contributed by atoms with Crippen molar-refractivity contribution in [3.8, 4) is 5.69 Å². The van der Waals surface area contributed by atoms with Crippen LogP contribution >= 0.6 is 23.2 Å². The third kappa shape index (κ3) is 3.65. The minimum absolute atomic E-state index is 0.000170. The zero-order chi connectivity index (χ0) is 19.7. The molecule has 1 aliphatic heterocycles. The highest BCUT2D eigenvalue weighted by molar-refractivity contribution is 6.45. The van der Waals surface area contributed by atoms with Crippen molar-refractivity contribution in [2.75, 3.05) is 24.7 Å². The van der Waals surface area contributed by atoms with Gasteiger partial charge in [-0.2, -0.15) is 0 Å². The maximum absolute atomic E-state index is 10.6. The van der Waals surface area contributed by atoms with Gasteiger partial charge in [-0.15, -0.1) is 0 Å². The number of carbonyl (C=O) groups is 1. The minimum Gasteiger partial charge on any atom is -0.481 e. The molecule has 1 atom stereocenters. The van der Waals surface area contributed by atoms with Crippen LogP contribution in [0.4, 0.5) is 5.82 Å². The summed E-state index contributed by atoms with van der Waals surface area (Å²) in [5.41, 5.74) is 1.54. The van der Waals surface area contributed by atoms with Crippen LogP contribution in [0.25, 0.3) is 16.6 Å². The van der Waals surface area contributed by atoms with Crippen LogP contribution in [0, 0.1) is 0 Å². The van der Waals surface area contributed by atoms with Crippen LogP contribution in [0.2, 0.25) is 10.0 Å². The Bertz CT molecular complexity index is 1010. The summed E-state index contributed by atoms with van der Waals surface area (Å²) in [6, 6.07) is 5.81. The zero-order valence-corrected chi connectivity index (χ0v) is 16.4. The second-order valence-corrected chi connectivity index (χ2v) is 7.37. The predicted molar refractivity (Wildman–Crippen MR) is 108 cm³/mol. The van der Waals surface area contributed by atoms with Crippen LogP contribution in [0.1, 0.15) is 12.8 Å². The zero-order valence-electron chi connectivity index (χ0n) is 14.9. The number of imidazole rings is 1. The van der Waals surface area contributed by atoms with E-state index in [4.69, 9.17) is 38.0 Å². The van der Waals surface area contributed by atoms with Crippen LogP contribution in [-0.4, -0.2) is 51.4 Å². The van der Waals surface area contributed by atoms with E-state index in [1.54, 1.807) is 18.6 Å². The number of anilines is 1. The first-order valence-corrected chi connectivity index (χ1v) is 9.63. The molecule has 2 aromatic heterocycles. The fourth-order valence-electron chi connectivity index (χ4n) is 3.26. The highest BCUT2D eigenvalue weighted by atomic mass is 35.5. The number of hydrogen-bond acceptors (Lipinski definition) is 5. The normalized spacial score (nSPS) is 16.4. The molecule has 0 radical (unpaired) electrons. The highest BCUT2D eigenvalue weighted by Crippen LogP contribution is 2.36. The van der Waals surface area contributed by atoms with Crippen molar-refractivity contribution < 1.29 is 14.6 Å². The Morgan fingerprint density at radius 1 is 1.36 bits per heavy atom. The fourth-order valence-corrected chi connectivity index (χ4v) is 3.62. The van der Waals surface area contributed by atoms with Crippen molar-refractivity contribution in [2.24, 2.45) is 0 Å². The average molecular weight is 421 g/mol. The van der Waals surface area contributed by atoms with E-state index in [1.165, 1.54) is 0 Å². The Morgan fingerprint density at radius 3 is 2.89 bits per heavy atom. The van der Waals surface area contributed by atoms with Gasteiger partial charge < -0.3 is 19.3 Å². The van der Waals surface area contributed by atoms with Crippen LogP contribution in [0.15, 0.2) is 36.9 Å². The van der Waals surface area contributed by atoms with E-state index in [2.05, 4.69) is 9.88 Å². The summed E-state index contributed by atoms with van der Waals surface area (Å²) in [7, 11) is 0. The number of hydrogen-bond donors (Lipinski definition) is 1. The lowest BCUT2D eigenvalue weighted by molar-refractivity contribution is -0.138. The van der Waals surface area contributed by atoms with Crippen molar-refractivity contribution in [2.45, 2.75) is 18.9 Å². The average Bonchev–Trinajstić information content (AvgIpc) is 3.17. The molecule has 0 amide bonds. The van der Waals surface area contributed by atoms with E-state index < -0.39 is 5.97 Å². The molecule has 0 spiro atoms. The number of halogens is 2. The summed E-state index contributed by atoms with van der Waals surface area (Å²) in [4.78, 5) is 21.6. The number of pyridine rings is 1. The van der Waals surface area contributed by atoms with E-state index in [1.807, 2.05) is 22.9 Å². The van der Waals surface area contributed by atoms with E-state index in [0.717, 1.165) is 29.9 Å². The second-order valence-electron chi connectivity index (χ2n) is 6.58. The number of benzene rings is 1. The molecule has 1 aromatic carbocycles. The van der Waals surface area contributed by atoms with Crippen molar-refractivity contribution >= 4 is 45.9 Å². The maximum atomic E-state index is 10.6. The summed E-state index contributed by atoms with van der Waals surface area (Å²) < 4.78 is 7.43. The van der Waals surface area contributed by atoms with Crippen molar-refractivity contribution in [3.05, 3.63) is 47.0 Å². The molecule has 146 valence electrons. The topological polar surface area (TPSA) is 80.5 Å². The first kappa shape index (κ1) is 19.0. The largest absolute Gasteiger partial charge is 0.481 e. The Hall–Kier alpha value is -2.35. The molecule has 3 aromatic rings. The van der Waals surface area contributed by atoms with E-state index in [0.29, 0.717) is 22.2 Å². The van der Waals surface area contributed by atoms with Gasteiger partial charge in [0.25, 0.3) is 0 Å². The lowest BCUT2D eigenvalue weighted by Crippen LogP contribution is -2.51. The smallest absolute Gasteiger partial charge is 0.305 e. The van der Waals surface area contributed by atoms with E-state index in [9.17, 15) is 4.79 Å². The van der Waals surface area contributed by atoms with Gasteiger partial charge in [-0.3, -0.25) is 4.79 Å². The van der Waals surface area contributed by atoms with Crippen LogP contribution in [-0.2, 0) is 9.53 Å². The molecule has 1 aliphatic rings. The Kier molecular flexibility index (Phi) is 5.39. The fraction of sp³-hybridized carbons (Fsp3) is 0.316. The van der Waals surface area contributed by atoms with Gasteiger partial charge in [0.2, 0.25) is 0 Å². The molecule has 1 fully saturated rings. The molecular weight excluding hydrogens is 403 g/mol. The van der Waals surface area contributed by atoms with Crippen molar-refractivity contribution in [3.63, 3.8) is 0 Å². The van der Waals surface area contributed by atoms with Crippen LogP contribution < -0.4 is 4.90 Å². The van der Waals surface area contributed by atoms with Gasteiger partial charge in [0, 0.05) is 30.4 Å². The van der Waals surface area contributed by atoms with Gasteiger partial charge in [-0.25, -0.2) is 9.97 Å². The number of carboxylic acid groups (broad SMARTS) is 1. The summed E-state index contributed by atoms with van der Waals surface area (Å²) in [6.45, 7) is 1.50. The van der Waals surface area contributed by atoms with Crippen molar-refractivity contribution in [1.82, 2.24) is 14.5 Å². The Balaban J connectivity index is 1.66. The van der Waals surface area contributed by atoms with Gasteiger partial charge >= 0.3 is 5.97 Å². The first-order chi connectivity index (χ1) is 13.5. The van der Waals surface area contributed by atoms with E-state index >= 15 is 0 Å². The number of nitrogens with zero attached hydrogens (tertiary/aromatic N) is 4. The number of ether oxygens (including phenoxy) is 1. The monoisotopic (exact) mass is 420 g/mol. The molecule has 0 bridgehead atoms. The summed E-state index contributed by atoms with van der Waals surface area (Å²) in [6.07, 6.45) is 6.26. The van der Waals surface area contributed by atoms with Gasteiger partial charge in [0.15, 0.2) is 0 Å². The number of rotatable bonds is 7. The van der Waals surface area contributed by atoms with Crippen molar-refractivity contribution in [1.29, 1.82) is 0 Å². The number of fused-ring (bicyclic) bond motifs is 1. The van der Waals surface area contributed by atoms with Gasteiger partial charge in [-0.05, 0) is 18.6 Å². The third-order valence-corrected chi connectivity index (χ3v) is 5.62. The lowest BCUT2D eigenvalue weighted by Gasteiger charge is -2.42. The molecule has 7 nitrogen and oxygen atoms in total. The molecule has 3 heterocycles. The molecule has 0 saturated carbocycles. The maximum Gasteiger partial charge on any atom is 0.305 e. The SMILES string of the molecule is O=C(O)CCOC[C@@H]1CCN1c1cc(-n2ccnc2)c2ccc(Cl)c(Cl)c2n1. The summed E-state index contributed by atoms with van der Waals surface area (Å²) in [5.74, 6) is -0.0865. The molecule has 1 saturated heterocycles. The quantitative estimate of drug-likeness (QED) is 0.585. The molecule has 28 heavy (non-hydrogen) atoms. The minimum atomic E-state index is -0.863. The molecule has 1 N–H and O–H groups in total. The predicted octanol–water partition coefficient (Wildman–Crippen LogP) is 3.80. The molecular formula is C19H18Cl2N4O3. The number of aliphatic carboxylic acids is 1.